The number of carbonyl (C=O) groups is 1. The molecule has 0 aliphatic heterocycles. The molecule has 1 fully saturated rings. The van der Waals surface area contributed by atoms with Gasteiger partial charge < -0.3 is 5.32 Å². The summed E-state index contributed by atoms with van der Waals surface area (Å²) in [7, 11) is -3.33. The number of nitrogens with zero attached hydrogens (tertiary/aromatic N) is 1. The molecule has 3 aromatic rings. The van der Waals surface area contributed by atoms with Gasteiger partial charge >= 0.3 is 0 Å². The number of pyridine rings is 1. The highest BCUT2D eigenvalue weighted by Gasteiger charge is 2.27. The number of anilines is 2. The molecule has 138 valence electrons. The fourth-order valence-corrected chi connectivity index (χ4v) is 3.57. The van der Waals surface area contributed by atoms with E-state index in [1.165, 1.54) is 0 Å². The van der Waals surface area contributed by atoms with E-state index in [1.807, 2.05) is 30.3 Å². The Morgan fingerprint density at radius 1 is 1.04 bits per heavy atom. The van der Waals surface area contributed by atoms with Crippen LogP contribution in [0.15, 0.2) is 54.6 Å². The number of aromatic nitrogens is 1. The van der Waals surface area contributed by atoms with Gasteiger partial charge in [-0.2, -0.15) is 0 Å². The molecule has 4 rings (SSSR count). The predicted molar refractivity (Wildman–Crippen MR) is 107 cm³/mol. The number of para-hydroxylation sites is 1. The van der Waals surface area contributed by atoms with Crippen molar-refractivity contribution in [3.05, 3.63) is 65.9 Å². The number of nitrogens with one attached hydrogen (secondary N) is 2. The number of hydrogen-bond acceptors (Lipinski definition) is 4. The van der Waals surface area contributed by atoms with Crippen LogP contribution < -0.4 is 10.0 Å². The van der Waals surface area contributed by atoms with Crippen molar-refractivity contribution >= 4 is 38.2 Å². The molecule has 6 nitrogen and oxygen atoms in total. The van der Waals surface area contributed by atoms with Gasteiger partial charge in [-0.1, -0.05) is 18.2 Å². The van der Waals surface area contributed by atoms with E-state index in [2.05, 4.69) is 15.0 Å². The van der Waals surface area contributed by atoms with Gasteiger partial charge in [0.15, 0.2) is 0 Å². The average Bonchev–Trinajstić information content (AvgIpc) is 3.46. The Hall–Kier alpha value is -2.93. The van der Waals surface area contributed by atoms with Crippen LogP contribution >= 0.6 is 0 Å². The summed E-state index contributed by atoms with van der Waals surface area (Å²) in [6, 6.07) is 16.1. The minimum absolute atomic E-state index is 0.209. The summed E-state index contributed by atoms with van der Waals surface area (Å²) in [5.41, 5.74) is 3.42. The molecule has 1 heterocycles. The fourth-order valence-electron chi connectivity index (χ4n) is 3.01. The number of hydrogen-bond donors (Lipinski definition) is 2. The SMILES string of the molecule is CS(=O)(=O)Nc1ccc(NC(=O)c2cc(C3CC3)nc3ccccc23)cc1. The van der Waals surface area contributed by atoms with Crippen LogP contribution in [0.4, 0.5) is 11.4 Å². The van der Waals surface area contributed by atoms with Gasteiger partial charge in [-0.15, -0.1) is 0 Å². The number of benzene rings is 2. The Balaban J connectivity index is 1.61. The van der Waals surface area contributed by atoms with Crippen molar-refractivity contribution in [2.45, 2.75) is 18.8 Å². The number of fused-ring (bicyclic) bond motifs is 1. The minimum atomic E-state index is -3.33. The Kier molecular flexibility index (Phi) is 4.31. The Morgan fingerprint density at radius 2 is 1.70 bits per heavy atom. The van der Waals surface area contributed by atoms with E-state index in [-0.39, 0.29) is 5.91 Å². The first kappa shape index (κ1) is 17.5. The van der Waals surface area contributed by atoms with Crippen molar-refractivity contribution in [2.75, 3.05) is 16.3 Å². The van der Waals surface area contributed by atoms with Crippen LogP contribution in [0.5, 0.6) is 0 Å². The highest BCUT2D eigenvalue weighted by Crippen LogP contribution is 2.40. The van der Waals surface area contributed by atoms with Crippen LogP contribution in [0, 0.1) is 0 Å². The molecule has 1 aromatic heterocycles. The topological polar surface area (TPSA) is 88.2 Å². The Bertz CT molecular complexity index is 1120. The van der Waals surface area contributed by atoms with E-state index < -0.39 is 10.0 Å². The molecular weight excluding hydrogens is 362 g/mol. The molecule has 1 aliphatic carbocycles. The van der Waals surface area contributed by atoms with Crippen LogP contribution in [0.25, 0.3) is 10.9 Å². The summed E-state index contributed by atoms with van der Waals surface area (Å²) < 4.78 is 25.0. The molecule has 1 amide bonds. The lowest BCUT2D eigenvalue weighted by molar-refractivity contribution is 0.102. The Labute approximate surface area is 157 Å². The number of amides is 1. The Morgan fingerprint density at radius 3 is 2.37 bits per heavy atom. The monoisotopic (exact) mass is 381 g/mol. The van der Waals surface area contributed by atoms with Crippen molar-refractivity contribution < 1.29 is 13.2 Å². The molecule has 0 spiro atoms. The van der Waals surface area contributed by atoms with Crippen molar-refractivity contribution in [1.29, 1.82) is 0 Å². The van der Waals surface area contributed by atoms with Crippen LogP contribution in [-0.2, 0) is 10.0 Å². The lowest BCUT2D eigenvalue weighted by Gasteiger charge is -2.11. The normalized spacial score (nSPS) is 14.1. The molecule has 0 bridgehead atoms. The third-order valence-corrected chi connectivity index (χ3v) is 5.03. The maximum Gasteiger partial charge on any atom is 0.256 e. The summed E-state index contributed by atoms with van der Waals surface area (Å²) in [4.78, 5) is 17.6. The van der Waals surface area contributed by atoms with Gasteiger partial charge in [-0.25, -0.2) is 8.42 Å². The van der Waals surface area contributed by atoms with Crippen molar-refractivity contribution in [2.24, 2.45) is 0 Å². The molecular formula is C20H19N3O3S. The van der Waals surface area contributed by atoms with Crippen molar-refractivity contribution in [3.63, 3.8) is 0 Å². The van der Waals surface area contributed by atoms with Gasteiger partial charge in [-0.3, -0.25) is 14.5 Å². The number of carbonyl (C=O) groups excluding carboxylic acids is 1. The highest BCUT2D eigenvalue weighted by molar-refractivity contribution is 7.92. The zero-order valence-corrected chi connectivity index (χ0v) is 15.6. The minimum Gasteiger partial charge on any atom is -0.322 e. The molecule has 1 saturated carbocycles. The van der Waals surface area contributed by atoms with E-state index in [0.717, 1.165) is 35.7 Å². The molecule has 0 radical (unpaired) electrons. The number of rotatable bonds is 5. The molecule has 0 atom stereocenters. The van der Waals surface area contributed by atoms with E-state index >= 15 is 0 Å². The van der Waals surface area contributed by atoms with Crippen LogP contribution in [0.2, 0.25) is 0 Å². The second kappa shape index (κ2) is 6.66. The predicted octanol–water partition coefficient (Wildman–Crippen LogP) is 3.74. The van der Waals surface area contributed by atoms with E-state index in [0.29, 0.717) is 22.9 Å². The standard InChI is InChI=1S/C20H19N3O3S/c1-27(25,26)23-15-10-8-14(9-11-15)21-20(24)17-12-19(13-6-7-13)22-18-5-3-2-4-16(17)18/h2-5,8-13,23H,6-7H2,1H3,(H,21,24). The first-order valence-electron chi connectivity index (χ1n) is 8.68. The van der Waals surface area contributed by atoms with Gasteiger partial charge in [0, 0.05) is 28.4 Å². The summed E-state index contributed by atoms with van der Waals surface area (Å²) in [6.07, 6.45) is 3.32. The molecule has 0 unspecified atom stereocenters. The van der Waals surface area contributed by atoms with Gasteiger partial charge in [0.25, 0.3) is 5.91 Å². The summed E-state index contributed by atoms with van der Waals surface area (Å²) >= 11 is 0. The van der Waals surface area contributed by atoms with Gasteiger partial charge in [0.2, 0.25) is 10.0 Å². The first-order chi connectivity index (χ1) is 12.9. The third-order valence-electron chi connectivity index (χ3n) is 4.42. The molecule has 2 N–H and O–H groups in total. The van der Waals surface area contributed by atoms with E-state index in [9.17, 15) is 13.2 Å². The van der Waals surface area contributed by atoms with Gasteiger partial charge in [0.1, 0.15) is 0 Å². The molecule has 7 heteroatoms. The lowest BCUT2D eigenvalue weighted by atomic mass is 10.1. The van der Waals surface area contributed by atoms with Crippen molar-refractivity contribution in [3.8, 4) is 0 Å². The van der Waals surface area contributed by atoms with Gasteiger partial charge in [0.05, 0.1) is 17.3 Å². The quantitative estimate of drug-likeness (QED) is 0.705. The maximum atomic E-state index is 12.9. The molecule has 27 heavy (non-hydrogen) atoms. The van der Waals surface area contributed by atoms with Crippen molar-refractivity contribution in [1.82, 2.24) is 4.98 Å². The fraction of sp³-hybridized carbons (Fsp3) is 0.200. The lowest BCUT2D eigenvalue weighted by Crippen LogP contribution is -2.14. The highest BCUT2D eigenvalue weighted by atomic mass is 32.2. The summed E-state index contributed by atoms with van der Waals surface area (Å²) in [5.74, 6) is 0.238. The first-order valence-corrected chi connectivity index (χ1v) is 10.6. The largest absolute Gasteiger partial charge is 0.322 e. The maximum absolute atomic E-state index is 12.9. The number of sulfonamides is 1. The zero-order valence-electron chi connectivity index (χ0n) is 14.8. The summed E-state index contributed by atoms with van der Waals surface area (Å²) in [6.45, 7) is 0. The van der Waals surface area contributed by atoms with Crippen LogP contribution in [0.1, 0.15) is 34.8 Å². The molecule has 1 aliphatic rings. The van der Waals surface area contributed by atoms with Crippen LogP contribution in [-0.4, -0.2) is 25.6 Å². The molecule has 2 aromatic carbocycles. The average molecular weight is 381 g/mol. The van der Waals surface area contributed by atoms with E-state index in [1.54, 1.807) is 24.3 Å². The summed E-state index contributed by atoms with van der Waals surface area (Å²) in [5, 5.41) is 3.70. The second-order valence-electron chi connectivity index (χ2n) is 6.79. The van der Waals surface area contributed by atoms with Gasteiger partial charge in [-0.05, 0) is 49.2 Å². The second-order valence-corrected chi connectivity index (χ2v) is 8.54. The molecule has 0 saturated heterocycles. The third kappa shape index (κ3) is 4.09. The zero-order chi connectivity index (χ0) is 19.0. The smallest absolute Gasteiger partial charge is 0.256 e. The van der Waals surface area contributed by atoms with E-state index in [4.69, 9.17) is 0 Å². The van der Waals surface area contributed by atoms with Crippen LogP contribution in [0.3, 0.4) is 0 Å².